The van der Waals surface area contributed by atoms with Gasteiger partial charge in [-0.2, -0.15) is 0 Å². The van der Waals surface area contributed by atoms with Crippen molar-refractivity contribution >= 4 is 70.9 Å². The van der Waals surface area contributed by atoms with Gasteiger partial charge in [-0.25, -0.2) is 0 Å². The van der Waals surface area contributed by atoms with E-state index in [1.165, 1.54) is 20.8 Å². The van der Waals surface area contributed by atoms with Crippen molar-refractivity contribution in [1.29, 1.82) is 0 Å². The standard InChI is InChI=1S/C63H106N12O32/c1-21(2)37(68-57(98)40(25(6)81)71-58(99)39(24(5)80)70-54(95)36(64)22(3)78)56(97)73-42(60(101)75-16-12-14-31(75)53(94)72-41(26(7)82)59(100)74-15-11-13-30(74)52(93)69-38(23(4)79)55(96)65-17-35(85)86)27(8)103-62-44(67-29(10)84)51(107-63-50(92)49(91)46(88)33(19-77)105-63)47(89)34(106-62)20-102-61-43(66-28(9)83)48(90)45(87)32(18-76)104-61/h21-27,30-34,36-51,61-63,76-82,87-92H,11-20,64H2,1-10H3,(H,65,96)(H,66,83)(H,67,84)(H,68,98)(H,69,93)(H,70,95)(H,71,99)(H,72,94)(H,73,97)(H,85,86)/t22-,23-,24-,25-,26-,27-,30+,31+,32-,33-,34-,36+,37+,38+,39+,40+,41+,42+,43-,44-,45-,46+,47+,48-,49+,50-,51-,61-,62+,63+/m1/s1. The summed E-state index contributed by atoms with van der Waals surface area (Å²) >= 11 is 0. The van der Waals surface area contributed by atoms with Crippen molar-refractivity contribution in [3.63, 3.8) is 0 Å². The zero-order chi connectivity index (χ0) is 80.7. The van der Waals surface area contributed by atoms with Crippen molar-refractivity contribution < 1.29 is 157 Å². The largest absolute Gasteiger partial charge is 0.480 e. The molecule has 0 radical (unpaired) electrons. The summed E-state index contributed by atoms with van der Waals surface area (Å²) in [7, 11) is 0. The third-order valence-corrected chi connectivity index (χ3v) is 18.6. The van der Waals surface area contributed by atoms with Crippen LogP contribution in [0.5, 0.6) is 0 Å². The van der Waals surface area contributed by atoms with Gasteiger partial charge >= 0.3 is 5.97 Å². The number of ether oxygens (including phenoxy) is 6. The molecular formula is C63H106N12O32. The van der Waals surface area contributed by atoms with Gasteiger partial charge in [0.2, 0.25) is 65.0 Å². The molecule has 30 atom stereocenters. The summed E-state index contributed by atoms with van der Waals surface area (Å²) in [6, 6.07) is -19.6. The fraction of sp³-hybridized carbons (Fsp3) is 0.810. The van der Waals surface area contributed by atoms with Gasteiger partial charge in [-0.05, 0) is 73.1 Å². The number of aliphatic hydroxyl groups is 13. The van der Waals surface area contributed by atoms with Gasteiger partial charge in [-0.1, -0.05) is 13.8 Å². The molecule has 5 saturated heterocycles. The van der Waals surface area contributed by atoms with Gasteiger partial charge in [0.1, 0.15) is 134 Å². The predicted molar refractivity (Wildman–Crippen MR) is 356 cm³/mol. The van der Waals surface area contributed by atoms with Crippen LogP contribution in [0.25, 0.3) is 0 Å². The van der Waals surface area contributed by atoms with E-state index in [2.05, 4.69) is 42.5 Å². The Bertz CT molecular complexity index is 3060. The summed E-state index contributed by atoms with van der Waals surface area (Å²) in [4.78, 5) is 166. The summed E-state index contributed by atoms with van der Waals surface area (Å²) in [5.74, 6) is -14.5. The molecule has 44 heteroatoms. The molecular weight excluding hydrogens is 1440 g/mol. The van der Waals surface area contributed by atoms with Gasteiger partial charge in [0.15, 0.2) is 18.9 Å². The lowest BCUT2D eigenvalue weighted by molar-refractivity contribution is -0.352. The van der Waals surface area contributed by atoms with Gasteiger partial charge in [0.25, 0.3) is 0 Å². The summed E-state index contributed by atoms with van der Waals surface area (Å²) in [6.45, 7) is 7.24. The van der Waals surface area contributed by atoms with E-state index in [1.54, 1.807) is 0 Å². The highest BCUT2D eigenvalue weighted by atomic mass is 16.7. The Morgan fingerprint density at radius 2 is 0.897 bits per heavy atom. The van der Waals surface area contributed by atoms with Crippen molar-refractivity contribution in [2.45, 2.75) is 278 Å². The van der Waals surface area contributed by atoms with E-state index < -0.39 is 286 Å². The maximum atomic E-state index is 15.7. The summed E-state index contributed by atoms with van der Waals surface area (Å²) in [6.07, 6.45) is -35.6. The number of aliphatic carboxylic acids is 1. The normalized spacial score (nSPS) is 31.1. The number of rotatable bonds is 35. The number of hydrogen-bond donors (Lipinski definition) is 24. The Morgan fingerprint density at radius 3 is 1.36 bits per heavy atom. The number of likely N-dealkylation sites (tertiary alicyclic amines) is 2. The van der Waals surface area contributed by atoms with E-state index in [1.807, 2.05) is 5.32 Å². The summed E-state index contributed by atoms with van der Waals surface area (Å²) in [5.41, 5.74) is 5.72. The van der Waals surface area contributed by atoms with Crippen molar-refractivity contribution in [3.05, 3.63) is 0 Å². The second-order valence-electron chi connectivity index (χ2n) is 27.5. The quantitative estimate of drug-likeness (QED) is 0.0280. The van der Waals surface area contributed by atoms with E-state index in [-0.39, 0.29) is 38.8 Å². The number of carboxylic acids is 1. The van der Waals surface area contributed by atoms with Crippen LogP contribution in [0.15, 0.2) is 0 Å². The number of aliphatic hydroxyl groups excluding tert-OH is 13. The topological polar surface area (TPSA) is 684 Å². The average molecular weight is 1540 g/mol. The monoisotopic (exact) mass is 1540 g/mol. The smallest absolute Gasteiger partial charge is 0.322 e. The lowest BCUT2D eigenvalue weighted by atomic mass is 9.94. The summed E-state index contributed by atoms with van der Waals surface area (Å²) in [5, 5.41) is 170. The van der Waals surface area contributed by atoms with Crippen molar-refractivity contribution in [2.24, 2.45) is 11.7 Å². The van der Waals surface area contributed by atoms with Gasteiger partial charge in [0, 0.05) is 26.9 Å². The molecule has 0 aromatic rings. The number of carboxylic acid groups (broad SMARTS) is 1. The molecule has 11 amide bonds. The average Bonchev–Trinajstić information content (AvgIpc) is 1.13. The molecule has 610 valence electrons. The molecule has 5 aliphatic heterocycles. The molecule has 0 saturated carbocycles. The Balaban J connectivity index is 1.60. The molecule has 5 aliphatic rings. The minimum Gasteiger partial charge on any atom is -0.480 e. The van der Waals surface area contributed by atoms with Crippen LogP contribution in [0.2, 0.25) is 0 Å². The third-order valence-electron chi connectivity index (χ3n) is 18.6. The number of nitrogens with zero attached hydrogens (tertiary/aromatic N) is 2. The van der Waals surface area contributed by atoms with Crippen LogP contribution in [0, 0.1) is 5.92 Å². The Kier molecular flexibility index (Phi) is 34.2. The highest BCUT2D eigenvalue weighted by Crippen LogP contribution is 2.33. The van der Waals surface area contributed by atoms with E-state index >= 15 is 9.59 Å². The second-order valence-corrected chi connectivity index (χ2v) is 27.5. The van der Waals surface area contributed by atoms with E-state index in [4.69, 9.17) is 39.3 Å². The Hall–Kier alpha value is -7.16. The van der Waals surface area contributed by atoms with Crippen LogP contribution in [0.3, 0.4) is 0 Å². The molecule has 44 nitrogen and oxygen atoms in total. The Labute approximate surface area is 613 Å². The number of carbonyl (C=O) groups excluding carboxylic acids is 11. The molecule has 25 N–H and O–H groups in total. The van der Waals surface area contributed by atoms with Crippen LogP contribution in [-0.2, 0) is 86.0 Å². The first-order valence-electron chi connectivity index (χ1n) is 34.8. The molecule has 5 rings (SSSR count). The molecule has 0 spiro atoms. The maximum Gasteiger partial charge on any atom is 0.322 e. The van der Waals surface area contributed by atoms with Crippen molar-refractivity contribution in [2.75, 3.05) is 39.5 Å². The molecule has 5 heterocycles. The van der Waals surface area contributed by atoms with Gasteiger partial charge in [-0.15, -0.1) is 0 Å². The second kappa shape index (κ2) is 40.5. The van der Waals surface area contributed by atoms with Crippen LogP contribution in [0.4, 0.5) is 0 Å². The van der Waals surface area contributed by atoms with Crippen molar-refractivity contribution in [1.82, 2.24) is 57.7 Å². The van der Waals surface area contributed by atoms with Crippen LogP contribution in [0.1, 0.15) is 94.9 Å². The van der Waals surface area contributed by atoms with Crippen molar-refractivity contribution in [3.8, 4) is 0 Å². The SMILES string of the molecule is CC(=O)N[C@H]1[C@H](OC[C@H]2O[C@H](O[C@H](C)[C@H](NC(=O)[C@@H](NC(=O)[C@@H](NC(=O)[C@@H](NC(=O)[C@@H](N)[C@@H](C)O)[C@@H](C)O)[C@@H](C)O)C(C)C)C(=O)N3CCC[C@H]3C(=O)N[C@H](C(=O)N3CCC[C@H]3C(=O)N[C@H](C(=O)NCC(=O)O)[C@@H](C)O)[C@@H](C)O)[C@H](NC(C)=O)[C@@H](O[C@@H]3O[C@H](CO)[C@H](O)[C@H](O)[C@H]3O)[C@H]2O)O[C@H](CO)[C@@H](O)[C@@H]1O. The predicted octanol–water partition coefficient (Wildman–Crippen LogP) is -13.9. The number of hydrogen-bond acceptors (Lipinski definition) is 32. The summed E-state index contributed by atoms with van der Waals surface area (Å²) < 4.78 is 36.2. The minimum atomic E-state index is -2.20. The van der Waals surface area contributed by atoms with Gasteiger partial charge in [0.05, 0.1) is 56.4 Å². The van der Waals surface area contributed by atoms with E-state index in [0.29, 0.717) is 0 Å². The highest BCUT2D eigenvalue weighted by molar-refractivity contribution is 5.99. The van der Waals surface area contributed by atoms with E-state index in [9.17, 15) is 114 Å². The molecule has 107 heavy (non-hydrogen) atoms. The first kappa shape index (κ1) is 90.5. The third kappa shape index (κ3) is 23.4. The van der Waals surface area contributed by atoms with Crippen LogP contribution in [-0.4, -0.2) is 375 Å². The fourth-order valence-corrected chi connectivity index (χ4v) is 12.6. The molecule has 5 fully saturated rings. The molecule has 0 aromatic heterocycles. The number of nitrogens with two attached hydrogens (primary N) is 1. The first-order valence-corrected chi connectivity index (χ1v) is 34.8. The Morgan fingerprint density at radius 1 is 0.477 bits per heavy atom. The van der Waals surface area contributed by atoms with Gasteiger partial charge < -0.3 is 163 Å². The zero-order valence-electron chi connectivity index (χ0n) is 60.6. The first-order chi connectivity index (χ1) is 50.0. The lowest BCUT2D eigenvalue weighted by Crippen LogP contribution is -2.69. The lowest BCUT2D eigenvalue weighted by Gasteiger charge is -2.48. The molecule has 0 unspecified atom stereocenters. The van der Waals surface area contributed by atoms with Gasteiger partial charge in [-0.3, -0.25) is 57.5 Å². The number of carbonyl (C=O) groups is 12. The molecule has 0 bridgehead atoms. The molecule has 0 aliphatic carbocycles. The molecule has 0 aromatic carbocycles. The minimum absolute atomic E-state index is 0.00535. The highest BCUT2D eigenvalue weighted by Gasteiger charge is 2.55. The maximum absolute atomic E-state index is 15.7. The zero-order valence-corrected chi connectivity index (χ0v) is 60.6. The number of nitrogens with one attached hydrogen (secondary N) is 9. The van der Waals surface area contributed by atoms with Crippen LogP contribution < -0.4 is 53.6 Å². The van der Waals surface area contributed by atoms with Crippen LogP contribution >= 0.6 is 0 Å². The van der Waals surface area contributed by atoms with E-state index in [0.717, 1.165) is 58.3 Å². The fourth-order valence-electron chi connectivity index (χ4n) is 12.6. The number of amides is 11.